The van der Waals surface area contributed by atoms with Crippen molar-refractivity contribution < 1.29 is 17.5 Å². The van der Waals surface area contributed by atoms with E-state index in [4.69, 9.17) is 4.74 Å². The molecule has 3 heterocycles. The van der Waals surface area contributed by atoms with Gasteiger partial charge in [0.15, 0.2) is 0 Å². The summed E-state index contributed by atoms with van der Waals surface area (Å²) in [6, 6.07) is 14.3. The van der Waals surface area contributed by atoms with Gasteiger partial charge in [-0.3, -0.25) is 0 Å². The monoisotopic (exact) mass is 400 g/mol. The van der Waals surface area contributed by atoms with E-state index in [1.165, 1.54) is 16.4 Å². The summed E-state index contributed by atoms with van der Waals surface area (Å²) < 4.78 is 48.1. The first kappa shape index (κ1) is 17.5. The van der Waals surface area contributed by atoms with Gasteiger partial charge in [-0.05, 0) is 24.3 Å². The number of ether oxygens (including phenoxy) is 1. The van der Waals surface area contributed by atoms with Crippen LogP contribution < -0.4 is 0 Å². The van der Waals surface area contributed by atoms with Crippen LogP contribution in [0.15, 0.2) is 59.5 Å². The molecule has 0 N–H and O–H groups in total. The molecule has 3 aromatic rings. The number of halogens is 1. The van der Waals surface area contributed by atoms with Crippen molar-refractivity contribution in [1.29, 1.82) is 0 Å². The predicted octanol–water partition coefficient (Wildman–Crippen LogP) is 2.23. The molecule has 2 aromatic carbocycles. The van der Waals surface area contributed by atoms with Crippen molar-refractivity contribution in [2.75, 3.05) is 13.1 Å². The summed E-state index contributed by atoms with van der Waals surface area (Å²) in [5.74, 6) is -0.474. The molecule has 5 rings (SSSR count). The van der Waals surface area contributed by atoms with Gasteiger partial charge in [0.1, 0.15) is 11.5 Å². The molecule has 0 amide bonds. The average molecular weight is 400 g/mol. The van der Waals surface area contributed by atoms with Crippen LogP contribution in [0.25, 0.3) is 11.3 Å². The standard InChI is InChI=1S/C19H17FN4O3S/c20-14-6-8-15(9-7-14)28(25,26)23-10-16-18(11-23)27-12-17-19(21-22-24(16)17)13-4-2-1-3-5-13/h1-9,16,18H,10-12H2/t16-,18-/m0/s1. The molecule has 1 fully saturated rings. The molecule has 0 saturated carbocycles. The lowest BCUT2D eigenvalue weighted by atomic mass is 10.1. The van der Waals surface area contributed by atoms with Gasteiger partial charge < -0.3 is 4.74 Å². The van der Waals surface area contributed by atoms with E-state index in [1.54, 1.807) is 4.68 Å². The summed E-state index contributed by atoms with van der Waals surface area (Å²) in [5.41, 5.74) is 2.53. The molecular weight excluding hydrogens is 383 g/mol. The highest BCUT2D eigenvalue weighted by Gasteiger charge is 2.45. The van der Waals surface area contributed by atoms with Gasteiger partial charge in [-0.2, -0.15) is 4.31 Å². The van der Waals surface area contributed by atoms with Crippen LogP contribution in [0.5, 0.6) is 0 Å². The normalized spacial score (nSPS) is 22.0. The summed E-state index contributed by atoms with van der Waals surface area (Å²) in [7, 11) is -3.74. The molecule has 7 nitrogen and oxygen atoms in total. The van der Waals surface area contributed by atoms with Crippen LogP contribution in [-0.4, -0.2) is 46.9 Å². The third-order valence-corrected chi connectivity index (χ3v) is 7.09. The number of hydrogen-bond acceptors (Lipinski definition) is 5. The number of hydrogen-bond donors (Lipinski definition) is 0. The average Bonchev–Trinajstić information content (AvgIpc) is 3.33. The highest BCUT2D eigenvalue weighted by molar-refractivity contribution is 7.89. The van der Waals surface area contributed by atoms with Crippen LogP contribution in [-0.2, 0) is 21.4 Å². The molecule has 0 radical (unpaired) electrons. The molecule has 28 heavy (non-hydrogen) atoms. The van der Waals surface area contributed by atoms with E-state index in [9.17, 15) is 12.8 Å². The molecule has 2 aliphatic heterocycles. The lowest BCUT2D eigenvalue weighted by Gasteiger charge is -2.26. The van der Waals surface area contributed by atoms with Gasteiger partial charge >= 0.3 is 0 Å². The van der Waals surface area contributed by atoms with Crippen molar-refractivity contribution in [3.8, 4) is 11.3 Å². The van der Waals surface area contributed by atoms with Gasteiger partial charge in [0, 0.05) is 18.7 Å². The van der Waals surface area contributed by atoms with Crippen LogP contribution >= 0.6 is 0 Å². The maximum absolute atomic E-state index is 13.2. The van der Waals surface area contributed by atoms with Gasteiger partial charge in [0.25, 0.3) is 0 Å². The molecule has 1 aromatic heterocycles. The third-order valence-electron chi connectivity index (χ3n) is 5.24. The van der Waals surface area contributed by atoms with Gasteiger partial charge in [0.05, 0.1) is 29.3 Å². The van der Waals surface area contributed by atoms with Crippen LogP contribution in [0.4, 0.5) is 4.39 Å². The maximum Gasteiger partial charge on any atom is 0.243 e. The van der Waals surface area contributed by atoms with Crippen LogP contribution in [0.1, 0.15) is 11.7 Å². The van der Waals surface area contributed by atoms with Crippen molar-refractivity contribution >= 4 is 10.0 Å². The summed E-state index contributed by atoms with van der Waals surface area (Å²) >= 11 is 0. The molecule has 0 spiro atoms. The maximum atomic E-state index is 13.2. The van der Waals surface area contributed by atoms with Gasteiger partial charge in [-0.1, -0.05) is 35.5 Å². The minimum Gasteiger partial charge on any atom is -0.368 e. The first-order chi connectivity index (χ1) is 13.5. The molecule has 144 valence electrons. The summed E-state index contributed by atoms with van der Waals surface area (Å²) in [6.45, 7) is 0.780. The Hall–Kier alpha value is -2.62. The zero-order valence-corrected chi connectivity index (χ0v) is 15.6. The van der Waals surface area contributed by atoms with E-state index in [-0.39, 0.29) is 30.1 Å². The molecule has 2 atom stereocenters. The largest absolute Gasteiger partial charge is 0.368 e. The van der Waals surface area contributed by atoms with Gasteiger partial charge in [-0.25, -0.2) is 17.5 Å². The SMILES string of the molecule is O=S(=O)(c1ccc(F)cc1)N1C[C@@H]2OCc3c(-c4ccccc4)nnn3[C@H]2C1. The number of benzene rings is 2. The Morgan fingerprint density at radius 3 is 2.54 bits per heavy atom. The van der Waals surface area contributed by atoms with Crippen LogP contribution in [0.2, 0.25) is 0 Å². The molecule has 0 unspecified atom stereocenters. The van der Waals surface area contributed by atoms with Crippen molar-refractivity contribution in [2.45, 2.75) is 23.6 Å². The van der Waals surface area contributed by atoms with Crippen LogP contribution in [0, 0.1) is 5.82 Å². The molecule has 2 aliphatic rings. The zero-order valence-electron chi connectivity index (χ0n) is 14.8. The fourth-order valence-corrected chi connectivity index (χ4v) is 5.26. The number of aromatic nitrogens is 3. The fourth-order valence-electron chi connectivity index (χ4n) is 3.79. The topological polar surface area (TPSA) is 77.3 Å². The van der Waals surface area contributed by atoms with Crippen molar-refractivity contribution in [2.24, 2.45) is 0 Å². The van der Waals surface area contributed by atoms with Gasteiger partial charge in [-0.15, -0.1) is 5.10 Å². The Balaban J connectivity index is 1.45. The Morgan fingerprint density at radius 1 is 1.04 bits per heavy atom. The van der Waals surface area contributed by atoms with Crippen molar-refractivity contribution in [3.63, 3.8) is 0 Å². The van der Waals surface area contributed by atoms with Crippen molar-refractivity contribution in [3.05, 3.63) is 66.1 Å². The molecular formula is C19H17FN4O3S. The minimum atomic E-state index is -3.74. The van der Waals surface area contributed by atoms with Crippen molar-refractivity contribution in [1.82, 2.24) is 19.3 Å². The second-order valence-electron chi connectivity index (χ2n) is 6.89. The molecule has 0 aliphatic carbocycles. The first-order valence-corrected chi connectivity index (χ1v) is 10.3. The van der Waals surface area contributed by atoms with E-state index in [0.717, 1.165) is 29.1 Å². The molecule has 1 saturated heterocycles. The highest BCUT2D eigenvalue weighted by atomic mass is 32.2. The number of sulfonamides is 1. The smallest absolute Gasteiger partial charge is 0.243 e. The Bertz CT molecular complexity index is 1120. The molecule has 0 bridgehead atoms. The third kappa shape index (κ3) is 2.74. The highest BCUT2D eigenvalue weighted by Crippen LogP contribution is 2.36. The Labute approximate surface area is 161 Å². The first-order valence-electron chi connectivity index (χ1n) is 8.91. The minimum absolute atomic E-state index is 0.0661. The molecule has 9 heteroatoms. The Kier molecular flexibility index (Phi) is 4.04. The lowest BCUT2D eigenvalue weighted by Crippen LogP contribution is -2.32. The summed E-state index contributed by atoms with van der Waals surface area (Å²) in [6.07, 6.45) is -0.298. The van der Waals surface area contributed by atoms with E-state index < -0.39 is 15.8 Å². The number of nitrogens with zero attached hydrogens (tertiary/aromatic N) is 4. The number of rotatable bonds is 3. The van der Waals surface area contributed by atoms with Gasteiger partial charge in [0.2, 0.25) is 10.0 Å². The summed E-state index contributed by atoms with van der Waals surface area (Å²) in [5, 5.41) is 8.60. The zero-order chi connectivity index (χ0) is 19.3. The second kappa shape index (κ2) is 6.47. The van der Waals surface area contributed by atoms with E-state index in [0.29, 0.717) is 6.61 Å². The second-order valence-corrected chi connectivity index (χ2v) is 8.83. The van der Waals surface area contributed by atoms with E-state index >= 15 is 0 Å². The van der Waals surface area contributed by atoms with E-state index in [1.807, 2.05) is 30.3 Å². The fraction of sp³-hybridized carbons (Fsp3) is 0.263. The predicted molar refractivity (Wildman–Crippen MR) is 98.2 cm³/mol. The number of fused-ring (bicyclic) bond motifs is 3. The Morgan fingerprint density at radius 2 is 1.79 bits per heavy atom. The van der Waals surface area contributed by atoms with E-state index in [2.05, 4.69) is 10.3 Å². The van der Waals surface area contributed by atoms with Crippen LogP contribution in [0.3, 0.4) is 0 Å². The quantitative estimate of drug-likeness (QED) is 0.674. The summed E-state index contributed by atoms with van der Waals surface area (Å²) in [4.78, 5) is 0.0661. The lowest BCUT2D eigenvalue weighted by molar-refractivity contribution is -0.00362.